The summed E-state index contributed by atoms with van der Waals surface area (Å²) in [4.78, 5) is 11.2. The number of nitrogens with zero attached hydrogens (tertiary/aromatic N) is 2. The minimum Gasteiger partial charge on any atom is -0.379 e. The average molecular weight is 250 g/mol. The van der Waals surface area contributed by atoms with E-state index in [9.17, 15) is 4.79 Å². The summed E-state index contributed by atoms with van der Waals surface area (Å²) in [6.07, 6.45) is 2.66. The maximum atomic E-state index is 11.2. The highest BCUT2D eigenvalue weighted by molar-refractivity contribution is 5.91. The van der Waals surface area contributed by atoms with Gasteiger partial charge in [-0.25, -0.2) is 0 Å². The van der Waals surface area contributed by atoms with Gasteiger partial charge >= 0.3 is 0 Å². The van der Waals surface area contributed by atoms with Gasteiger partial charge in [-0.3, -0.25) is 4.79 Å². The monoisotopic (exact) mass is 250 g/mol. The lowest BCUT2D eigenvalue weighted by atomic mass is 10.3. The second kappa shape index (κ2) is 8.19. The van der Waals surface area contributed by atoms with Gasteiger partial charge in [0.05, 0.1) is 13.2 Å². The minimum absolute atomic E-state index is 0.248. The van der Waals surface area contributed by atoms with Crippen LogP contribution < -0.4 is 10.6 Å². The molecule has 0 fully saturated rings. The van der Waals surface area contributed by atoms with Gasteiger partial charge in [0.15, 0.2) is 5.69 Å². The predicted octanol–water partition coefficient (Wildman–Crippen LogP) is 0.841. The first kappa shape index (κ1) is 14.1. The molecule has 6 heteroatoms. The second-order valence-electron chi connectivity index (χ2n) is 3.50. The largest absolute Gasteiger partial charge is 0.379 e. The number of nitrogens with one attached hydrogen (secondary N) is 2. The first-order valence-electron chi connectivity index (χ1n) is 5.76. The molecule has 0 aliphatic rings. The summed E-state index contributed by atoms with van der Waals surface area (Å²) in [6, 6.07) is 3.33. The van der Waals surface area contributed by atoms with Crippen LogP contribution in [0.2, 0.25) is 0 Å². The fraction of sp³-hybridized carbons (Fsp3) is 0.417. The van der Waals surface area contributed by atoms with Gasteiger partial charge in [-0.15, -0.1) is 16.8 Å². The van der Waals surface area contributed by atoms with Gasteiger partial charge in [0, 0.05) is 13.6 Å². The van der Waals surface area contributed by atoms with Crippen molar-refractivity contribution >= 4 is 11.7 Å². The lowest BCUT2D eigenvalue weighted by molar-refractivity contribution is 0.0957. The van der Waals surface area contributed by atoms with Crippen molar-refractivity contribution < 1.29 is 9.53 Å². The van der Waals surface area contributed by atoms with E-state index in [0.717, 1.165) is 6.42 Å². The van der Waals surface area contributed by atoms with Crippen molar-refractivity contribution in [3.63, 3.8) is 0 Å². The van der Waals surface area contributed by atoms with Gasteiger partial charge in [-0.1, -0.05) is 6.08 Å². The van der Waals surface area contributed by atoms with E-state index < -0.39 is 0 Å². The highest BCUT2D eigenvalue weighted by Crippen LogP contribution is 2.01. The summed E-state index contributed by atoms with van der Waals surface area (Å²) in [5, 5.41) is 13.2. The highest BCUT2D eigenvalue weighted by Gasteiger charge is 2.04. The van der Waals surface area contributed by atoms with Crippen LogP contribution in [0.5, 0.6) is 0 Å². The lowest BCUT2D eigenvalue weighted by Crippen LogP contribution is -2.20. The SMILES string of the molecule is C=CCCOCCNc1ccc(C(=O)NC)nn1. The van der Waals surface area contributed by atoms with Gasteiger partial charge in [0.1, 0.15) is 5.82 Å². The molecule has 1 aromatic heterocycles. The molecule has 18 heavy (non-hydrogen) atoms. The van der Waals surface area contributed by atoms with Crippen LogP contribution in [0.4, 0.5) is 5.82 Å². The molecule has 1 aromatic rings. The van der Waals surface area contributed by atoms with Crippen molar-refractivity contribution in [1.82, 2.24) is 15.5 Å². The summed E-state index contributed by atoms with van der Waals surface area (Å²) < 4.78 is 5.33. The van der Waals surface area contributed by atoms with Crippen LogP contribution >= 0.6 is 0 Å². The zero-order chi connectivity index (χ0) is 13.2. The number of aromatic nitrogens is 2. The Morgan fingerprint density at radius 2 is 2.28 bits per heavy atom. The summed E-state index contributed by atoms with van der Waals surface area (Å²) in [7, 11) is 1.55. The van der Waals surface area contributed by atoms with Gasteiger partial charge in [-0.05, 0) is 18.6 Å². The molecule has 0 saturated heterocycles. The number of hydrogen-bond donors (Lipinski definition) is 2. The Balaban J connectivity index is 2.26. The van der Waals surface area contributed by atoms with Gasteiger partial charge < -0.3 is 15.4 Å². The number of carbonyl (C=O) groups is 1. The van der Waals surface area contributed by atoms with Crippen molar-refractivity contribution in [3.8, 4) is 0 Å². The quantitative estimate of drug-likeness (QED) is 0.528. The smallest absolute Gasteiger partial charge is 0.271 e. The maximum absolute atomic E-state index is 11.2. The third kappa shape index (κ3) is 4.92. The van der Waals surface area contributed by atoms with Crippen LogP contribution in [0, 0.1) is 0 Å². The predicted molar refractivity (Wildman–Crippen MR) is 69.5 cm³/mol. The first-order chi connectivity index (χ1) is 8.77. The third-order valence-corrected chi connectivity index (χ3v) is 2.14. The Bertz CT molecular complexity index is 378. The average Bonchev–Trinajstić information content (AvgIpc) is 2.42. The van der Waals surface area contributed by atoms with Crippen molar-refractivity contribution in [2.75, 3.05) is 32.1 Å². The molecule has 0 atom stereocenters. The standard InChI is InChI=1S/C12H18N4O2/c1-3-4-8-18-9-7-14-11-6-5-10(15-16-11)12(17)13-2/h3,5-6H,1,4,7-9H2,2H3,(H,13,17)(H,14,16). The van der Waals surface area contributed by atoms with E-state index in [2.05, 4.69) is 27.4 Å². The molecule has 1 amide bonds. The molecule has 0 spiro atoms. The molecule has 0 radical (unpaired) electrons. The zero-order valence-corrected chi connectivity index (χ0v) is 10.5. The third-order valence-electron chi connectivity index (χ3n) is 2.14. The van der Waals surface area contributed by atoms with E-state index in [-0.39, 0.29) is 5.91 Å². The molecule has 0 bridgehead atoms. The Morgan fingerprint density at radius 1 is 1.44 bits per heavy atom. The number of carbonyl (C=O) groups excluding carboxylic acids is 1. The molecule has 0 unspecified atom stereocenters. The van der Waals surface area contributed by atoms with Crippen molar-refractivity contribution in [2.45, 2.75) is 6.42 Å². The maximum Gasteiger partial charge on any atom is 0.271 e. The van der Waals surface area contributed by atoms with Crippen LogP contribution in [0.1, 0.15) is 16.9 Å². The van der Waals surface area contributed by atoms with Crippen LogP contribution in [0.25, 0.3) is 0 Å². The van der Waals surface area contributed by atoms with Crippen LogP contribution in [0.3, 0.4) is 0 Å². The second-order valence-corrected chi connectivity index (χ2v) is 3.50. The van der Waals surface area contributed by atoms with E-state index >= 15 is 0 Å². The Labute approximate surface area is 106 Å². The molecular formula is C12H18N4O2. The van der Waals surface area contributed by atoms with Crippen LogP contribution in [-0.4, -0.2) is 42.9 Å². The molecule has 0 aliphatic heterocycles. The van der Waals surface area contributed by atoms with Crippen molar-refractivity contribution in [1.29, 1.82) is 0 Å². The van der Waals surface area contributed by atoms with E-state index in [4.69, 9.17) is 4.74 Å². The number of anilines is 1. The van der Waals surface area contributed by atoms with Crippen molar-refractivity contribution in [2.24, 2.45) is 0 Å². The van der Waals surface area contributed by atoms with Gasteiger partial charge in [-0.2, -0.15) is 0 Å². The van der Waals surface area contributed by atoms with E-state index in [1.807, 2.05) is 6.08 Å². The highest BCUT2D eigenvalue weighted by atomic mass is 16.5. The van der Waals surface area contributed by atoms with Crippen molar-refractivity contribution in [3.05, 3.63) is 30.5 Å². The fourth-order valence-corrected chi connectivity index (χ4v) is 1.20. The number of amides is 1. The summed E-state index contributed by atoms with van der Waals surface area (Å²) in [5.74, 6) is 0.372. The fourth-order valence-electron chi connectivity index (χ4n) is 1.20. The summed E-state index contributed by atoms with van der Waals surface area (Å²) in [6.45, 7) is 5.52. The Kier molecular flexibility index (Phi) is 6.42. The van der Waals surface area contributed by atoms with E-state index in [1.165, 1.54) is 0 Å². The molecule has 0 saturated carbocycles. The topological polar surface area (TPSA) is 76.1 Å². The summed E-state index contributed by atoms with van der Waals surface area (Å²) >= 11 is 0. The summed E-state index contributed by atoms with van der Waals surface area (Å²) in [5.41, 5.74) is 0.297. The van der Waals surface area contributed by atoms with Crippen LogP contribution in [0.15, 0.2) is 24.8 Å². The molecule has 2 N–H and O–H groups in total. The molecule has 6 nitrogen and oxygen atoms in total. The van der Waals surface area contributed by atoms with Gasteiger partial charge in [0.25, 0.3) is 5.91 Å². The van der Waals surface area contributed by atoms with Crippen LogP contribution in [-0.2, 0) is 4.74 Å². The van der Waals surface area contributed by atoms with E-state index in [0.29, 0.717) is 31.3 Å². The molecule has 1 heterocycles. The Morgan fingerprint density at radius 3 is 2.89 bits per heavy atom. The molecule has 0 aromatic carbocycles. The molecule has 0 aliphatic carbocycles. The lowest BCUT2D eigenvalue weighted by Gasteiger charge is -2.05. The van der Waals surface area contributed by atoms with Gasteiger partial charge in [0.2, 0.25) is 0 Å². The first-order valence-corrected chi connectivity index (χ1v) is 5.76. The number of hydrogen-bond acceptors (Lipinski definition) is 5. The zero-order valence-electron chi connectivity index (χ0n) is 10.5. The number of rotatable bonds is 8. The number of ether oxygens (including phenoxy) is 1. The minimum atomic E-state index is -0.248. The molecular weight excluding hydrogens is 232 g/mol. The molecule has 1 rings (SSSR count). The molecule has 98 valence electrons. The van der Waals surface area contributed by atoms with E-state index in [1.54, 1.807) is 19.2 Å². The normalized spacial score (nSPS) is 9.83. The Hall–Kier alpha value is -1.95.